The lowest BCUT2D eigenvalue weighted by Crippen LogP contribution is -2.30. The van der Waals surface area contributed by atoms with Gasteiger partial charge in [-0.3, -0.25) is 9.59 Å². The molecule has 1 amide bonds. The molecule has 0 spiro atoms. The molecule has 120 valence electrons. The number of aldehydes is 1. The van der Waals surface area contributed by atoms with E-state index in [2.05, 4.69) is 36.5 Å². The van der Waals surface area contributed by atoms with Crippen molar-refractivity contribution in [1.82, 2.24) is 5.32 Å². The summed E-state index contributed by atoms with van der Waals surface area (Å²) in [5.74, 6) is 1.22. The summed E-state index contributed by atoms with van der Waals surface area (Å²) >= 11 is 1.70. The third kappa shape index (κ3) is 6.16. The predicted octanol–water partition coefficient (Wildman–Crippen LogP) is 3.09. The average molecular weight is 329 g/mol. The molecule has 0 aliphatic rings. The standard InChI is InChI=1S/C18H19NO3S/c1-14-2-8-17(9-3-14)23-11-10-19-18(21)13-22-16-6-4-15(12-20)5-7-16/h2-9,12H,10-11,13H2,1H3,(H,19,21). The molecular formula is C18H19NO3S. The van der Waals surface area contributed by atoms with E-state index in [-0.39, 0.29) is 12.5 Å². The first-order valence-corrected chi connectivity index (χ1v) is 8.30. The molecule has 2 aromatic carbocycles. The van der Waals surface area contributed by atoms with Gasteiger partial charge in [-0.1, -0.05) is 17.7 Å². The van der Waals surface area contributed by atoms with Gasteiger partial charge in [0.1, 0.15) is 12.0 Å². The molecule has 4 nitrogen and oxygen atoms in total. The van der Waals surface area contributed by atoms with Crippen molar-refractivity contribution in [1.29, 1.82) is 0 Å². The largest absolute Gasteiger partial charge is 0.484 e. The van der Waals surface area contributed by atoms with Crippen molar-refractivity contribution in [3.63, 3.8) is 0 Å². The second-order valence-corrected chi connectivity index (χ2v) is 6.16. The van der Waals surface area contributed by atoms with Gasteiger partial charge in [0, 0.05) is 22.8 Å². The summed E-state index contributed by atoms with van der Waals surface area (Å²) in [6.45, 7) is 2.61. The number of thioether (sulfide) groups is 1. The van der Waals surface area contributed by atoms with Crippen LogP contribution in [0.25, 0.3) is 0 Å². The van der Waals surface area contributed by atoms with E-state index in [0.29, 0.717) is 17.9 Å². The zero-order valence-electron chi connectivity index (χ0n) is 13.0. The number of hydrogen-bond donors (Lipinski definition) is 1. The first-order chi connectivity index (χ1) is 11.2. The quantitative estimate of drug-likeness (QED) is 0.459. The van der Waals surface area contributed by atoms with Crippen molar-refractivity contribution in [3.05, 3.63) is 59.7 Å². The fraction of sp³-hybridized carbons (Fsp3) is 0.222. The Morgan fingerprint density at radius 2 is 1.83 bits per heavy atom. The maximum absolute atomic E-state index is 11.7. The second-order valence-electron chi connectivity index (χ2n) is 4.99. The van der Waals surface area contributed by atoms with Gasteiger partial charge in [0.2, 0.25) is 0 Å². The summed E-state index contributed by atoms with van der Waals surface area (Å²) in [7, 11) is 0. The number of benzene rings is 2. The van der Waals surface area contributed by atoms with Gasteiger partial charge >= 0.3 is 0 Å². The minimum Gasteiger partial charge on any atom is -0.484 e. The van der Waals surface area contributed by atoms with Gasteiger partial charge in [-0.25, -0.2) is 0 Å². The molecule has 0 aliphatic heterocycles. The van der Waals surface area contributed by atoms with Crippen LogP contribution in [0.2, 0.25) is 0 Å². The van der Waals surface area contributed by atoms with Crippen molar-refractivity contribution in [2.45, 2.75) is 11.8 Å². The molecule has 1 N–H and O–H groups in total. The Bertz CT molecular complexity index is 638. The van der Waals surface area contributed by atoms with E-state index >= 15 is 0 Å². The van der Waals surface area contributed by atoms with Gasteiger partial charge in [0.15, 0.2) is 6.61 Å². The Morgan fingerprint density at radius 3 is 2.48 bits per heavy atom. The SMILES string of the molecule is Cc1ccc(SCCNC(=O)COc2ccc(C=O)cc2)cc1. The number of aryl methyl sites for hydroxylation is 1. The summed E-state index contributed by atoms with van der Waals surface area (Å²) in [5.41, 5.74) is 1.82. The van der Waals surface area contributed by atoms with Crippen molar-refractivity contribution in [3.8, 4) is 5.75 Å². The van der Waals surface area contributed by atoms with Crippen molar-refractivity contribution in [2.24, 2.45) is 0 Å². The van der Waals surface area contributed by atoms with Gasteiger partial charge < -0.3 is 10.1 Å². The Kier molecular flexibility index (Phi) is 6.69. The minimum atomic E-state index is -0.158. The number of rotatable bonds is 8. The molecule has 5 heteroatoms. The number of carbonyl (C=O) groups excluding carboxylic acids is 2. The zero-order valence-corrected chi connectivity index (χ0v) is 13.8. The molecule has 0 saturated carbocycles. The Morgan fingerprint density at radius 1 is 1.13 bits per heavy atom. The van der Waals surface area contributed by atoms with Crippen LogP contribution in [0.15, 0.2) is 53.4 Å². The molecule has 0 unspecified atom stereocenters. The molecule has 0 bridgehead atoms. The van der Waals surface area contributed by atoms with Crippen LogP contribution in [-0.4, -0.2) is 31.1 Å². The molecule has 0 heterocycles. The molecule has 0 atom stereocenters. The van der Waals surface area contributed by atoms with Crippen LogP contribution < -0.4 is 10.1 Å². The highest BCUT2D eigenvalue weighted by Gasteiger charge is 2.02. The topological polar surface area (TPSA) is 55.4 Å². The molecule has 0 radical (unpaired) electrons. The smallest absolute Gasteiger partial charge is 0.257 e. The van der Waals surface area contributed by atoms with Crippen molar-refractivity contribution >= 4 is 24.0 Å². The van der Waals surface area contributed by atoms with Gasteiger partial charge in [-0.15, -0.1) is 11.8 Å². The molecule has 23 heavy (non-hydrogen) atoms. The first kappa shape index (κ1) is 17.1. The van der Waals surface area contributed by atoms with Gasteiger partial charge in [-0.05, 0) is 43.3 Å². The van der Waals surface area contributed by atoms with Crippen LogP contribution in [0.4, 0.5) is 0 Å². The average Bonchev–Trinajstić information content (AvgIpc) is 2.59. The highest BCUT2D eigenvalue weighted by atomic mass is 32.2. The van der Waals surface area contributed by atoms with E-state index in [0.717, 1.165) is 12.0 Å². The summed E-state index contributed by atoms with van der Waals surface area (Å²) in [6.07, 6.45) is 0.766. The van der Waals surface area contributed by atoms with E-state index in [1.54, 1.807) is 36.0 Å². The highest BCUT2D eigenvalue weighted by Crippen LogP contribution is 2.17. The van der Waals surface area contributed by atoms with E-state index < -0.39 is 0 Å². The van der Waals surface area contributed by atoms with Gasteiger partial charge in [0.05, 0.1) is 0 Å². The monoisotopic (exact) mass is 329 g/mol. The molecule has 0 aromatic heterocycles. The maximum atomic E-state index is 11.7. The van der Waals surface area contributed by atoms with Crippen LogP contribution in [0.3, 0.4) is 0 Å². The summed E-state index contributed by atoms with van der Waals surface area (Å²) in [5, 5.41) is 2.82. The number of nitrogens with one attached hydrogen (secondary N) is 1. The van der Waals surface area contributed by atoms with E-state index in [1.807, 2.05) is 0 Å². The Labute approximate surface area is 140 Å². The molecule has 0 fully saturated rings. The number of amides is 1. The van der Waals surface area contributed by atoms with Gasteiger partial charge in [-0.2, -0.15) is 0 Å². The number of carbonyl (C=O) groups is 2. The van der Waals surface area contributed by atoms with E-state index in [4.69, 9.17) is 4.74 Å². The third-order valence-electron chi connectivity index (χ3n) is 3.10. The fourth-order valence-electron chi connectivity index (χ4n) is 1.84. The fourth-order valence-corrected chi connectivity index (χ4v) is 2.60. The van der Waals surface area contributed by atoms with Crippen LogP contribution >= 0.6 is 11.8 Å². The molecule has 2 aromatic rings. The van der Waals surface area contributed by atoms with Crippen LogP contribution in [0.1, 0.15) is 15.9 Å². The van der Waals surface area contributed by atoms with Crippen LogP contribution in [0.5, 0.6) is 5.75 Å². The van der Waals surface area contributed by atoms with E-state index in [9.17, 15) is 9.59 Å². The zero-order chi connectivity index (χ0) is 16.5. The van der Waals surface area contributed by atoms with Crippen molar-refractivity contribution in [2.75, 3.05) is 18.9 Å². The van der Waals surface area contributed by atoms with Crippen LogP contribution in [-0.2, 0) is 4.79 Å². The normalized spacial score (nSPS) is 10.1. The summed E-state index contributed by atoms with van der Waals surface area (Å²) in [6, 6.07) is 14.9. The molecule has 2 rings (SSSR count). The minimum absolute atomic E-state index is 0.0321. The number of ether oxygens (including phenoxy) is 1. The lowest BCUT2D eigenvalue weighted by Gasteiger charge is -2.07. The van der Waals surface area contributed by atoms with E-state index in [1.165, 1.54) is 10.5 Å². The molecule has 0 aliphatic carbocycles. The summed E-state index contributed by atoms with van der Waals surface area (Å²) < 4.78 is 5.36. The maximum Gasteiger partial charge on any atom is 0.257 e. The first-order valence-electron chi connectivity index (χ1n) is 7.31. The molecular weight excluding hydrogens is 310 g/mol. The van der Waals surface area contributed by atoms with Crippen molar-refractivity contribution < 1.29 is 14.3 Å². The summed E-state index contributed by atoms with van der Waals surface area (Å²) in [4.78, 5) is 23.4. The predicted molar refractivity (Wildman–Crippen MR) is 92.2 cm³/mol. The highest BCUT2D eigenvalue weighted by molar-refractivity contribution is 7.99. The Balaban J connectivity index is 1.62. The lowest BCUT2D eigenvalue weighted by atomic mass is 10.2. The number of hydrogen-bond acceptors (Lipinski definition) is 4. The molecule has 0 saturated heterocycles. The third-order valence-corrected chi connectivity index (χ3v) is 4.11. The lowest BCUT2D eigenvalue weighted by molar-refractivity contribution is -0.122. The Hall–Kier alpha value is -2.27. The van der Waals surface area contributed by atoms with Gasteiger partial charge in [0.25, 0.3) is 5.91 Å². The van der Waals surface area contributed by atoms with Crippen LogP contribution in [0, 0.1) is 6.92 Å². The second kappa shape index (κ2) is 9.00.